The highest BCUT2D eigenvalue weighted by Crippen LogP contribution is 2.44. The van der Waals surface area contributed by atoms with E-state index in [0.29, 0.717) is 0 Å². The Labute approximate surface area is 234 Å². The Bertz CT molecular complexity index is 991. The summed E-state index contributed by atoms with van der Waals surface area (Å²) < 4.78 is 37.7. The zero-order valence-electron chi connectivity index (χ0n) is 25.1. The van der Waals surface area contributed by atoms with Gasteiger partial charge in [-0.15, -0.1) is 0 Å². The molecule has 1 aromatic carbocycles. The number of esters is 1. The SMILES string of the molecule is C=C[C@H]1OC(=O)[C@H](C)[C@H]2OC(C)(C)O[C@H]([C@H]2C)[C@@H](C)C[C@@H](C)[C@@H]2OC(c3ccc(OC)cc3)O[C@H]([C@H]2C)[C@H]1C. The first-order valence-corrected chi connectivity index (χ1v) is 14.5. The third-order valence-corrected chi connectivity index (χ3v) is 9.11. The summed E-state index contributed by atoms with van der Waals surface area (Å²) in [5.74, 6) is -0.369. The van der Waals surface area contributed by atoms with E-state index in [-0.39, 0.29) is 60.0 Å². The maximum atomic E-state index is 13.5. The number of carbonyl (C=O) groups is 1. The van der Waals surface area contributed by atoms with Crippen LogP contribution in [0.25, 0.3) is 0 Å². The van der Waals surface area contributed by atoms with Crippen LogP contribution in [-0.4, -0.2) is 49.4 Å². The topological polar surface area (TPSA) is 72.5 Å². The van der Waals surface area contributed by atoms with E-state index in [1.165, 1.54) is 0 Å². The molecule has 0 spiro atoms. The van der Waals surface area contributed by atoms with Crippen molar-refractivity contribution in [1.82, 2.24) is 0 Å². The van der Waals surface area contributed by atoms with E-state index < -0.39 is 24.1 Å². The van der Waals surface area contributed by atoms with Crippen LogP contribution in [-0.2, 0) is 28.5 Å². The van der Waals surface area contributed by atoms with Crippen molar-refractivity contribution in [3.8, 4) is 5.75 Å². The smallest absolute Gasteiger partial charge is 0.311 e. The highest BCUT2D eigenvalue weighted by atomic mass is 16.7. The predicted molar refractivity (Wildman–Crippen MR) is 149 cm³/mol. The summed E-state index contributed by atoms with van der Waals surface area (Å²) in [5, 5.41) is 0. The summed E-state index contributed by atoms with van der Waals surface area (Å²) in [6.07, 6.45) is 0.893. The highest BCUT2D eigenvalue weighted by molar-refractivity contribution is 5.73. The molecule has 3 aliphatic heterocycles. The van der Waals surface area contributed by atoms with Crippen LogP contribution in [0, 0.1) is 35.5 Å². The number of carbonyl (C=O) groups excluding carboxylic acids is 1. The number of hydrogen-bond donors (Lipinski definition) is 0. The molecule has 0 aliphatic carbocycles. The van der Waals surface area contributed by atoms with Gasteiger partial charge in [-0.05, 0) is 51.2 Å². The van der Waals surface area contributed by atoms with Crippen molar-refractivity contribution in [2.45, 2.75) is 104 Å². The van der Waals surface area contributed by atoms with Gasteiger partial charge in [-0.2, -0.15) is 0 Å². The highest BCUT2D eigenvalue weighted by Gasteiger charge is 2.50. The summed E-state index contributed by atoms with van der Waals surface area (Å²) in [5.41, 5.74) is 0.929. The van der Waals surface area contributed by atoms with Gasteiger partial charge in [-0.25, -0.2) is 0 Å². The molecule has 3 saturated heterocycles. The Morgan fingerprint density at radius 1 is 0.846 bits per heavy atom. The van der Waals surface area contributed by atoms with Crippen LogP contribution in [0.4, 0.5) is 0 Å². The number of cyclic esters (lactones) is 1. The summed E-state index contributed by atoms with van der Waals surface area (Å²) in [7, 11) is 1.65. The first-order valence-electron chi connectivity index (χ1n) is 14.5. The number of rotatable bonds is 3. The normalized spacial score (nSPS) is 43.1. The average molecular weight is 545 g/mol. The second kappa shape index (κ2) is 11.9. The maximum absolute atomic E-state index is 13.5. The molecule has 39 heavy (non-hydrogen) atoms. The zero-order valence-corrected chi connectivity index (χ0v) is 25.1. The fourth-order valence-electron chi connectivity index (χ4n) is 6.99. The van der Waals surface area contributed by atoms with Crippen LogP contribution < -0.4 is 4.74 Å². The standard InChI is InChI=1S/C32H48O7/c1-11-25-19(4)28-20(5)26(36-31(37-28)23-12-14-24(34-10)15-13-23)17(2)16-18(3)27-21(6)29(22(7)30(33)35-25)39-32(8,9)38-27/h11-15,17-22,25-29,31H,1,16H2,2-10H3/t17-,18+,19+,20+,21-,22-,25-,26+,27+,28+,29+,31?/m1/s1. The molecule has 7 heteroatoms. The van der Waals surface area contributed by atoms with E-state index in [0.717, 1.165) is 17.7 Å². The van der Waals surface area contributed by atoms with Crippen molar-refractivity contribution in [3.63, 3.8) is 0 Å². The summed E-state index contributed by atoms with van der Waals surface area (Å²) in [6.45, 7) is 20.7. The van der Waals surface area contributed by atoms with Gasteiger partial charge in [0.15, 0.2) is 12.1 Å². The minimum atomic E-state index is -0.802. The van der Waals surface area contributed by atoms with Gasteiger partial charge in [0.1, 0.15) is 11.9 Å². The van der Waals surface area contributed by atoms with Gasteiger partial charge in [0.2, 0.25) is 0 Å². The van der Waals surface area contributed by atoms with E-state index in [2.05, 4.69) is 41.2 Å². The number of methoxy groups -OCH3 is 1. The average Bonchev–Trinajstić information content (AvgIpc) is 2.91. The lowest BCUT2D eigenvalue weighted by Crippen LogP contribution is -2.56. The van der Waals surface area contributed by atoms with Crippen molar-refractivity contribution >= 4 is 5.97 Å². The van der Waals surface area contributed by atoms with E-state index in [9.17, 15) is 4.79 Å². The lowest BCUT2D eigenvalue weighted by molar-refractivity contribution is -0.336. The molecule has 0 radical (unpaired) electrons. The molecule has 7 nitrogen and oxygen atoms in total. The van der Waals surface area contributed by atoms with Gasteiger partial charge < -0.3 is 28.4 Å². The molecule has 0 N–H and O–H groups in total. The third-order valence-electron chi connectivity index (χ3n) is 9.11. The molecule has 4 rings (SSSR count). The van der Waals surface area contributed by atoms with Crippen molar-refractivity contribution < 1.29 is 33.2 Å². The maximum Gasteiger partial charge on any atom is 0.311 e. The molecular formula is C32H48O7. The van der Waals surface area contributed by atoms with Gasteiger partial charge in [-0.3, -0.25) is 4.79 Å². The Morgan fingerprint density at radius 2 is 1.41 bits per heavy atom. The molecule has 0 saturated carbocycles. The Kier molecular flexibility index (Phi) is 9.16. The fourth-order valence-corrected chi connectivity index (χ4v) is 6.99. The van der Waals surface area contributed by atoms with Crippen LogP contribution in [0.3, 0.4) is 0 Å². The van der Waals surface area contributed by atoms with E-state index in [4.69, 9.17) is 28.4 Å². The molecule has 0 aromatic heterocycles. The summed E-state index contributed by atoms with van der Waals surface area (Å²) in [4.78, 5) is 13.5. The van der Waals surface area contributed by atoms with Crippen molar-refractivity contribution in [2.75, 3.05) is 7.11 Å². The van der Waals surface area contributed by atoms with Gasteiger partial charge in [0.25, 0.3) is 0 Å². The van der Waals surface area contributed by atoms with E-state index in [1.54, 1.807) is 13.2 Å². The molecule has 1 aromatic rings. The number of hydrogen-bond acceptors (Lipinski definition) is 7. The van der Waals surface area contributed by atoms with Crippen LogP contribution >= 0.6 is 0 Å². The van der Waals surface area contributed by atoms with Crippen molar-refractivity contribution in [1.29, 1.82) is 0 Å². The van der Waals surface area contributed by atoms with Crippen LogP contribution in [0.2, 0.25) is 0 Å². The third kappa shape index (κ3) is 6.22. The van der Waals surface area contributed by atoms with Gasteiger partial charge in [0, 0.05) is 23.3 Å². The largest absolute Gasteiger partial charge is 0.497 e. The Balaban J connectivity index is 1.73. The summed E-state index contributed by atoms with van der Waals surface area (Å²) >= 11 is 0. The number of fused-ring (bicyclic) bond motifs is 4. The molecule has 4 bridgehead atoms. The number of benzene rings is 1. The van der Waals surface area contributed by atoms with Gasteiger partial charge >= 0.3 is 5.97 Å². The van der Waals surface area contributed by atoms with Crippen molar-refractivity contribution in [3.05, 3.63) is 42.5 Å². The van der Waals surface area contributed by atoms with Crippen LogP contribution in [0.15, 0.2) is 36.9 Å². The lowest BCUT2D eigenvalue weighted by atomic mass is 9.75. The minimum absolute atomic E-state index is 0.0122. The van der Waals surface area contributed by atoms with E-state index >= 15 is 0 Å². The van der Waals surface area contributed by atoms with E-state index in [1.807, 2.05) is 45.0 Å². The molecular weight excluding hydrogens is 496 g/mol. The lowest BCUT2D eigenvalue weighted by Gasteiger charge is -2.50. The van der Waals surface area contributed by atoms with Gasteiger partial charge in [-0.1, -0.05) is 59.4 Å². The Morgan fingerprint density at radius 3 is 2.03 bits per heavy atom. The quantitative estimate of drug-likeness (QED) is 0.326. The molecule has 218 valence electrons. The molecule has 3 fully saturated rings. The molecule has 3 heterocycles. The van der Waals surface area contributed by atoms with Crippen LogP contribution in [0.1, 0.15) is 73.7 Å². The van der Waals surface area contributed by atoms with Crippen LogP contribution in [0.5, 0.6) is 5.75 Å². The Hall–Kier alpha value is -1.93. The second-order valence-corrected chi connectivity index (χ2v) is 12.6. The minimum Gasteiger partial charge on any atom is -0.497 e. The monoisotopic (exact) mass is 544 g/mol. The summed E-state index contributed by atoms with van der Waals surface area (Å²) in [6, 6.07) is 7.80. The molecule has 0 amide bonds. The second-order valence-electron chi connectivity index (χ2n) is 12.6. The molecule has 1 unspecified atom stereocenters. The van der Waals surface area contributed by atoms with Gasteiger partial charge in [0.05, 0.1) is 37.4 Å². The first kappa shape index (κ1) is 30.0. The number of ether oxygens (including phenoxy) is 6. The molecule has 12 atom stereocenters. The van der Waals surface area contributed by atoms with Crippen molar-refractivity contribution in [2.24, 2.45) is 35.5 Å². The molecule has 3 aliphatic rings. The zero-order chi connectivity index (χ0) is 28.6. The first-order chi connectivity index (χ1) is 18.4. The fraction of sp³-hybridized carbons (Fsp3) is 0.719. The predicted octanol–water partition coefficient (Wildman–Crippen LogP) is 6.32.